The number of benzene rings is 1. The summed E-state index contributed by atoms with van der Waals surface area (Å²) in [5, 5.41) is 2.69. The fourth-order valence-electron chi connectivity index (χ4n) is 2.94. The van der Waals surface area contributed by atoms with Gasteiger partial charge in [0.15, 0.2) is 0 Å². The zero-order chi connectivity index (χ0) is 22.6. The van der Waals surface area contributed by atoms with Crippen molar-refractivity contribution in [2.24, 2.45) is 0 Å². The monoisotopic (exact) mass is 487 g/mol. The van der Waals surface area contributed by atoms with Gasteiger partial charge in [-0.05, 0) is 43.2 Å². The predicted octanol–water partition coefficient (Wildman–Crippen LogP) is 1.39. The Hall–Kier alpha value is -1.83. The van der Waals surface area contributed by atoms with Gasteiger partial charge in [0.05, 0.1) is 17.5 Å². The highest BCUT2D eigenvalue weighted by Gasteiger charge is 2.22. The minimum absolute atomic E-state index is 0.00590. The first-order valence-corrected chi connectivity index (χ1v) is 13.3. The zero-order valence-corrected chi connectivity index (χ0v) is 19.6. The van der Waals surface area contributed by atoms with Crippen LogP contribution in [0.25, 0.3) is 0 Å². The molecule has 2 aromatic rings. The average molecular weight is 488 g/mol. The third-order valence-corrected chi connectivity index (χ3v) is 9.52. The van der Waals surface area contributed by atoms with Gasteiger partial charge in [-0.15, -0.1) is 11.3 Å². The molecule has 1 aromatic heterocycles. The van der Waals surface area contributed by atoms with Crippen LogP contribution >= 0.6 is 11.3 Å². The van der Waals surface area contributed by atoms with E-state index in [1.165, 1.54) is 44.4 Å². The van der Waals surface area contributed by atoms with Crippen LogP contribution in [-0.4, -0.2) is 60.4 Å². The molecular weight excluding hydrogens is 462 g/mol. The molecule has 0 aliphatic carbocycles. The van der Waals surface area contributed by atoms with Crippen LogP contribution in [0.1, 0.15) is 28.1 Å². The lowest BCUT2D eigenvalue weighted by Gasteiger charge is -2.12. The number of carbonyl (C=O) groups excluding carboxylic acids is 1. The average Bonchev–Trinajstić information content (AvgIpc) is 3.43. The molecule has 0 radical (unpaired) electrons. The molecule has 1 aromatic carbocycles. The van der Waals surface area contributed by atoms with Gasteiger partial charge < -0.3 is 10.1 Å². The number of carbonyl (C=O) groups is 1. The third kappa shape index (κ3) is 5.90. The predicted molar refractivity (Wildman–Crippen MR) is 117 cm³/mol. The highest BCUT2D eigenvalue weighted by atomic mass is 32.2. The smallest absolute Gasteiger partial charge is 0.252 e. The van der Waals surface area contributed by atoms with Gasteiger partial charge in [0, 0.05) is 37.7 Å². The number of ether oxygens (including phenoxy) is 1. The van der Waals surface area contributed by atoms with Gasteiger partial charge in [0.2, 0.25) is 10.0 Å². The summed E-state index contributed by atoms with van der Waals surface area (Å²) >= 11 is 1.07. The van der Waals surface area contributed by atoms with Crippen LogP contribution in [0.2, 0.25) is 0 Å². The molecule has 0 saturated carbocycles. The maximum Gasteiger partial charge on any atom is 0.252 e. The van der Waals surface area contributed by atoms with Gasteiger partial charge in [0.1, 0.15) is 4.21 Å². The van der Waals surface area contributed by atoms with Crippen molar-refractivity contribution in [3.63, 3.8) is 0 Å². The molecule has 2 heterocycles. The van der Waals surface area contributed by atoms with Crippen molar-refractivity contribution in [1.82, 2.24) is 14.3 Å². The second kappa shape index (κ2) is 9.76. The lowest BCUT2D eigenvalue weighted by atomic mass is 10.2. The van der Waals surface area contributed by atoms with E-state index < -0.39 is 26.0 Å². The third-order valence-electron chi connectivity index (χ3n) is 4.73. The van der Waals surface area contributed by atoms with E-state index in [9.17, 15) is 21.6 Å². The van der Waals surface area contributed by atoms with Crippen molar-refractivity contribution in [3.8, 4) is 0 Å². The van der Waals surface area contributed by atoms with Crippen LogP contribution in [0.4, 0.5) is 0 Å². The summed E-state index contributed by atoms with van der Waals surface area (Å²) in [6, 6.07) is 8.88. The van der Waals surface area contributed by atoms with Crippen LogP contribution < -0.4 is 10.0 Å². The van der Waals surface area contributed by atoms with Crippen LogP contribution in [0.15, 0.2) is 45.5 Å². The van der Waals surface area contributed by atoms with Gasteiger partial charge in [-0.1, -0.05) is 6.07 Å². The number of nitrogens with one attached hydrogen (secondary N) is 2. The van der Waals surface area contributed by atoms with Gasteiger partial charge in [0.25, 0.3) is 15.9 Å². The molecular formula is C19H25N3O6S3. The lowest BCUT2D eigenvalue weighted by Crippen LogP contribution is -2.32. The fourth-order valence-corrected chi connectivity index (χ4v) is 6.51. The van der Waals surface area contributed by atoms with Gasteiger partial charge in [-0.25, -0.2) is 25.9 Å². The van der Waals surface area contributed by atoms with Crippen LogP contribution in [0, 0.1) is 0 Å². The first-order chi connectivity index (χ1) is 14.6. The van der Waals surface area contributed by atoms with Gasteiger partial charge in [-0.2, -0.15) is 0 Å². The number of nitrogens with zero attached hydrogens (tertiary/aromatic N) is 1. The normalized spacial score (nSPS) is 17.2. The minimum Gasteiger partial charge on any atom is -0.377 e. The molecule has 1 unspecified atom stereocenters. The molecule has 12 heteroatoms. The molecule has 2 N–H and O–H groups in total. The molecule has 1 aliphatic rings. The number of hydrogen-bond donors (Lipinski definition) is 2. The molecule has 170 valence electrons. The summed E-state index contributed by atoms with van der Waals surface area (Å²) in [7, 11) is -4.39. The summed E-state index contributed by atoms with van der Waals surface area (Å²) in [5.41, 5.74) is 0.192. The summed E-state index contributed by atoms with van der Waals surface area (Å²) in [4.78, 5) is 13.2. The Bertz CT molecular complexity index is 1140. The topological polar surface area (TPSA) is 122 Å². The molecule has 3 rings (SSSR count). The largest absolute Gasteiger partial charge is 0.377 e. The van der Waals surface area contributed by atoms with Crippen molar-refractivity contribution in [1.29, 1.82) is 0 Å². The van der Waals surface area contributed by atoms with Crippen molar-refractivity contribution < 1.29 is 26.4 Å². The van der Waals surface area contributed by atoms with E-state index in [4.69, 9.17) is 4.74 Å². The molecule has 1 atom stereocenters. The van der Waals surface area contributed by atoms with Crippen molar-refractivity contribution >= 4 is 37.3 Å². The second-order valence-corrected chi connectivity index (χ2v) is 12.5. The summed E-state index contributed by atoms with van der Waals surface area (Å²) < 4.78 is 58.6. The Morgan fingerprint density at radius 1 is 1.19 bits per heavy atom. The van der Waals surface area contributed by atoms with E-state index in [0.29, 0.717) is 11.5 Å². The number of sulfonamides is 2. The lowest BCUT2D eigenvalue weighted by molar-refractivity contribution is 0.0951. The molecule has 9 nitrogen and oxygen atoms in total. The molecule has 0 bridgehead atoms. The minimum atomic E-state index is -3.77. The molecule has 1 amide bonds. The standard InChI is InChI=1S/C19H25N3O6S3/c1-22(2)31(26,27)18-9-8-16(29-18)13-20-19(23)14-5-3-7-17(11-14)30(24,25)21-12-15-6-4-10-28-15/h3,5,7-9,11,15,21H,4,6,10,12-13H2,1-2H3,(H,20,23). The Morgan fingerprint density at radius 3 is 2.65 bits per heavy atom. The Kier molecular flexibility index (Phi) is 7.50. The highest BCUT2D eigenvalue weighted by Crippen LogP contribution is 2.23. The Balaban J connectivity index is 1.63. The van der Waals surface area contributed by atoms with Crippen molar-refractivity contribution in [2.75, 3.05) is 27.2 Å². The van der Waals surface area contributed by atoms with E-state index in [1.807, 2.05) is 0 Å². The van der Waals surface area contributed by atoms with E-state index in [2.05, 4.69) is 10.0 Å². The number of amides is 1. The second-order valence-electron chi connectivity index (χ2n) is 7.21. The summed E-state index contributed by atoms with van der Waals surface area (Å²) in [6.45, 7) is 0.949. The van der Waals surface area contributed by atoms with Crippen molar-refractivity contribution in [2.45, 2.75) is 34.6 Å². The van der Waals surface area contributed by atoms with E-state index in [1.54, 1.807) is 6.07 Å². The van der Waals surface area contributed by atoms with E-state index in [-0.39, 0.29) is 33.9 Å². The summed E-state index contributed by atoms with van der Waals surface area (Å²) in [6.07, 6.45) is 1.59. The molecule has 1 aliphatic heterocycles. The maximum atomic E-state index is 12.5. The van der Waals surface area contributed by atoms with E-state index in [0.717, 1.165) is 28.5 Å². The molecule has 1 saturated heterocycles. The van der Waals surface area contributed by atoms with Crippen LogP contribution in [0.5, 0.6) is 0 Å². The van der Waals surface area contributed by atoms with Gasteiger partial charge >= 0.3 is 0 Å². The first kappa shape index (κ1) is 23.8. The SMILES string of the molecule is CN(C)S(=O)(=O)c1ccc(CNC(=O)c2cccc(S(=O)(=O)NCC3CCCO3)c2)s1. The Labute approximate surface area is 186 Å². The zero-order valence-electron chi connectivity index (χ0n) is 17.2. The number of hydrogen-bond acceptors (Lipinski definition) is 7. The van der Waals surface area contributed by atoms with Crippen LogP contribution in [0.3, 0.4) is 0 Å². The quantitative estimate of drug-likeness (QED) is 0.551. The molecule has 0 spiro atoms. The molecule has 1 fully saturated rings. The fraction of sp³-hybridized carbons (Fsp3) is 0.421. The van der Waals surface area contributed by atoms with Crippen molar-refractivity contribution in [3.05, 3.63) is 46.8 Å². The molecule has 31 heavy (non-hydrogen) atoms. The number of rotatable bonds is 9. The van der Waals surface area contributed by atoms with Crippen LogP contribution in [-0.2, 0) is 31.3 Å². The maximum absolute atomic E-state index is 12.5. The number of thiophene rings is 1. The Morgan fingerprint density at radius 2 is 1.97 bits per heavy atom. The highest BCUT2D eigenvalue weighted by molar-refractivity contribution is 7.91. The first-order valence-electron chi connectivity index (χ1n) is 9.60. The van der Waals surface area contributed by atoms with E-state index >= 15 is 0 Å². The summed E-state index contributed by atoms with van der Waals surface area (Å²) in [5.74, 6) is -0.457. The van der Waals surface area contributed by atoms with Gasteiger partial charge in [-0.3, -0.25) is 4.79 Å².